The molecule has 3 rings (SSSR count). The molecule has 2 aliphatic rings. The minimum Gasteiger partial charge on any atom is -0.337 e. The zero-order valence-electron chi connectivity index (χ0n) is 11.6. The number of hydrogen-bond donors (Lipinski definition) is 1. The minimum absolute atomic E-state index is 0.215. The number of likely N-dealkylation sites (tertiary alicyclic amines) is 1. The van der Waals surface area contributed by atoms with Gasteiger partial charge in [-0.2, -0.15) is 0 Å². The molecule has 3 nitrogen and oxygen atoms in total. The van der Waals surface area contributed by atoms with Crippen molar-refractivity contribution in [1.29, 1.82) is 0 Å². The van der Waals surface area contributed by atoms with E-state index in [9.17, 15) is 4.79 Å². The van der Waals surface area contributed by atoms with Crippen molar-refractivity contribution in [1.82, 2.24) is 10.2 Å². The lowest BCUT2D eigenvalue weighted by Gasteiger charge is -2.25. The Kier molecular flexibility index (Phi) is 3.56. The molecular weight excluding hydrogens is 236 g/mol. The maximum absolute atomic E-state index is 12.7. The van der Waals surface area contributed by atoms with Gasteiger partial charge >= 0.3 is 0 Å². The molecule has 0 radical (unpaired) electrons. The van der Waals surface area contributed by atoms with Crippen LogP contribution < -0.4 is 5.32 Å². The first-order valence-corrected chi connectivity index (χ1v) is 7.41. The van der Waals surface area contributed by atoms with Crippen LogP contribution in [0.4, 0.5) is 0 Å². The summed E-state index contributed by atoms with van der Waals surface area (Å²) < 4.78 is 0. The Morgan fingerprint density at radius 3 is 2.89 bits per heavy atom. The summed E-state index contributed by atoms with van der Waals surface area (Å²) in [6.07, 6.45) is 4.50. The summed E-state index contributed by atoms with van der Waals surface area (Å²) in [7, 11) is 0. The summed E-state index contributed by atoms with van der Waals surface area (Å²) in [5.41, 5.74) is 2.05. The van der Waals surface area contributed by atoms with E-state index >= 15 is 0 Å². The van der Waals surface area contributed by atoms with Gasteiger partial charge in [0.25, 0.3) is 5.91 Å². The van der Waals surface area contributed by atoms with Gasteiger partial charge in [0, 0.05) is 30.7 Å². The molecule has 1 N–H and O–H groups in total. The van der Waals surface area contributed by atoms with Crippen LogP contribution in [0, 0.1) is 0 Å². The Morgan fingerprint density at radius 1 is 1.26 bits per heavy atom. The van der Waals surface area contributed by atoms with Gasteiger partial charge in [0.15, 0.2) is 0 Å². The molecule has 2 atom stereocenters. The van der Waals surface area contributed by atoms with Crippen molar-refractivity contribution in [2.45, 2.75) is 44.7 Å². The number of carbonyl (C=O) groups excluding carboxylic acids is 1. The third-order valence-corrected chi connectivity index (χ3v) is 4.44. The lowest BCUT2D eigenvalue weighted by molar-refractivity contribution is 0.0747. The Labute approximate surface area is 115 Å². The van der Waals surface area contributed by atoms with Gasteiger partial charge in [-0.3, -0.25) is 4.79 Å². The van der Waals surface area contributed by atoms with Gasteiger partial charge in [-0.15, -0.1) is 0 Å². The first-order valence-electron chi connectivity index (χ1n) is 7.41. The molecule has 2 aliphatic heterocycles. The van der Waals surface area contributed by atoms with Gasteiger partial charge in [0.1, 0.15) is 0 Å². The van der Waals surface area contributed by atoms with E-state index in [1.807, 2.05) is 23.1 Å². The molecule has 1 aromatic rings. The summed E-state index contributed by atoms with van der Waals surface area (Å²) >= 11 is 0. The summed E-state index contributed by atoms with van der Waals surface area (Å²) in [5, 5.41) is 3.62. The third-order valence-electron chi connectivity index (χ3n) is 4.44. The van der Waals surface area contributed by atoms with Crippen LogP contribution in [0.3, 0.4) is 0 Å². The lowest BCUT2D eigenvalue weighted by Crippen LogP contribution is -2.39. The van der Waals surface area contributed by atoms with E-state index in [0.29, 0.717) is 12.1 Å². The number of carbonyl (C=O) groups is 1. The molecule has 0 aliphatic carbocycles. The number of benzene rings is 1. The van der Waals surface area contributed by atoms with Gasteiger partial charge in [-0.1, -0.05) is 25.1 Å². The number of rotatable bonds is 2. The molecule has 2 unspecified atom stereocenters. The Balaban J connectivity index is 1.79. The van der Waals surface area contributed by atoms with Crippen molar-refractivity contribution in [3.05, 3.63) is 35.4 Å². The van der Waals surface area contributed by atoms with Crippen molar-refractivity contribution in [3.63, 3.8) is 0 Å². The van der Waals surface area contributed by atoms with E-state index in [4.69, 9.17) is 0 Å². The van der Waals surface area contributed by atoms with Gasteiger partial charge in [0.05, 0.1) is 0 Å². The normalized spacial score (nSPS) is 26.3. The molecule has 2 saturated heterocycles. The van der Waals surface area contributed by atoms with Gasteiger partial charge in [-0.05, 0) is 37.3 Å². The smallest absolute Gasteiger partial charge is 0.254 e. The van der Waals surface area contributed by atoms with Crippen LogP contribution >= 0.6 is 0 Å². The van der Waals surface area contributed by atoms with Crippen LogP contribution in [0.2, 0.25) is 0 Å². The number of hydrogen-bond acceptors (Lipinski definition) is 2. The second-order valence-corrected chi connectivity index (χ2v) is 5.69. The molecule has 1 aromatic carbocycles. The lowest BCUT2D eigenvalue weighted by atomic mass is 10.0. The van der Waals surface area contributed by atoms with Crippen LogP contribution in [0.1, 0.15) is 42.1 Å². The predicted octanol–water partition coefficient (Wildman–Crippen LogP) is 2.22. The molecule has 102 valence electrons. The van der Waals surface area contributed by atoms with E-state index in [1.54, 1.807) is 0 Å². The highest BCUT2D eigenvalue weighted by atomic mass is 16.2. The van der Waals surface area contributed by atoms with E-state index in [2.05, 4.69) is 18.3 Å². The molecule has 3 heteroatoms. The van der Waals surface area contributed by atoms with Crippen molar-refractivity contribution in [2.24, 2.45) is 0 Å². The maximum Gasteiger partial charge on any atom is 0.254 e. The Morgan fingerprint density at radius 2 is 2.05 bits per heavy atom. The second kappa shape index (κ2) is 5.33. The van der Waals surface area contributed by atoms with E-state index in [1.165, 1.54) is 12.8 Å². The predicted molar refractivity (Wildman–Crippen MR) is 76.3 cm³/mol. The highest BCUT2D eigenvalue weighted by Crippen LogP contribution is 2.22. The number of nitrogens with one attached hydrogen (secondary N) is 1. The van der Waals surface area contributed by atoms with Crippen LogP contribution in [-0.4, -0.2) is 36.0 Å². The second-order valence-electron chi connectivity index (χ2n) is 5.69. The fraction of sp³-hybridized carbons (Fsp3) is 0.562. The zero-order valence-corrected chi connectivity index (χ0v) is 11.6. The SMILES string of the molecule is CCc1ccccc1C(=O)N1CCC2CCC(C1)N2. The molecule has 19 heavy (non-hydrogen) atoms. The summed E-state index contributed by atoms with van der Waals surface area (Å²) in [6.45, 7) is 3.87. The van der Waals surface area contributed by atoms with E-state index in [0.717, 1.165) is 37.1 Å². The molecule has 1 amide bonds. The quantitative estimate of drug-likeness (QED) is 0.882. The summed E-state index contributed by atoms with van der Waals surface area (Å²) in [5.74, 6) is 0.215. The van der Waals surface area contributed by atoms with Gasteiger partial charge in [-0.25, -0.2) is 0 Å². The van der Waals surface area contributed by atoms with Crippen LogP contribution in [-0.2, 0) is 6.42 Å². The first kappa shape index (κ1) is 12.7. The molecule has 0 saturated carbocycles. The number of nitrogens with zero attached hydrogens (tertiary/aromatic N) is 1. The monoisotopic (exact) mass is 258 g/mol. The van der Waals surface area contributed by atoms with Gasteiger partial charge < -0.3 is 10.2 Å². The average Bonchev–Trinajstić information content (AvgIpc) is 2.77. The van der Waals surface area contributed by atoms with Crippen LogP contribution in [0.15, 0.2) is 24.3 Å². The summed E-state index contributed by atoms with van der Waals surface area (Å²) in [6, 6.07) is 9.15. The van der Waals surface area contributed by atoms with Crippen LogP contribution in [0.25, 0.3) is 0 Å². The largest absolute Gasteiger partial charge is 0.337 e. The Bertz CT molecular complexity index is 472. The molecule has 2 bridgehead atoms. The fourth-order valence-electron chi connectivity index (χ4n) is 3.34. The first-order chi connectivity index (χ1) is 9.28. The highest BCUT2D eigenvalue weighted by molar-refractivity contribution is 5.95. The number of amides is 1. The average molecular weight is 258 g/mol. The van der Waals surface area contributed by atoms with E-state index in [-0.39, 0.29) is 5.91 Å². The van der Waals surface area contributed by atoms with Crippen LogP contribution in [0.5, 0.6) is 0 Å². The topological polar surface area (TPSA) is 32.3 Å². The molecule has 0 spiro atoms. The van der Waals surface area contributed by atoms with Gasteiger partial charge in [0.2, 0.25) is 0 Å². The van der Waals surface area contributed by atoms with Crippen molar-refractivity contribution >= 4 is 5.91 Å². The van der Waals surface area contributed by atoms with Crippen molar-refractivity contribution in [3.8, 4) is 0 Å². The molecule has 0 aromatic heterocycles. The van der Waals surface area contributed by atoms with Crippen molar-refractivity contribution < 1.29 is 4.79 Å². The highest BCUT2D eigenvalue weighted by Gasteiger charge is 2.31. The van der Waals surface area contributed by atoms with Crippen molar-refractivity contribution in [2.75, 3.05) is 13.1 Å². The maximum atomic E-state index is 12.7. The zero-order chi connectivity index (χ0) is 13.2. The third kappa shape index (κ3) is 2.52. The molecule has 2 fully saturated rings. The minimum atomic E-state index is 0.215. The Hall–Kier alpha value is -1.35. The molecular formula is C16H22N2O. The van der Waals surface area contributed by atoms with E-state index < -0.39 is 0 Å². The molecule has 2 heterocycles. The summed E-state index contributed by atoms with van der Waals surface area (Å²) in [4.78, 5) is 14.8. The standard InChI is InChI=1S/C16H22N2O/c1-2-12-5-3-4-6-15(12)16(19)18-10-9-13-7-8-14(11-18)17-13/h3-6,13-14,17H,2,7-11H2,1H3. The number of fused-ring (bicyclic) bond motifs is 2. The fourth-order valence-corrected chi connectivity index (χ4v) is 3.34. The number of aryl methyl sites for hydroxylation is 1.